The first-order valence-corrected chi connectivity index (χ1v) is 8.69. The Morgan fingerprint density at radius 2 is 2.04 bits per heavy atom. The van der Waals surface area contributed by atoms with Gasteiger partial charge in [-0.2, -0.15) is 5.26 Å². The van der Waals surface area contributed by atoms with Gasteiger partial charge in [0.25, 0.3) is 5.91 Å². The topological polar surface area (TPSA) is 88.4 Å². The number of methoxy groups -OCH3 is 1. The highest BCUT2D eigenvalue weighted by Gasteiger charge is 2.12. The van der Waals surface area contributed by atoms with E-state index in [9.17, 15) is 19.2 Å². The second-order valence-electron chi connectivity index (χ2n) is 5.16. The summed E-state index contributed by atoms with van der Waals surface area (Å²) in [5.74, 6) is -1.35. The molecule has 138 valence electrons. The molecule has 0 radical (unpaired) electrons. The third-order valence-electron chi connectivity index (χ3n) is 3.33. The highest BCUT2D eigenvalue weighted by Crippen LogP contribution is 2.23. The minimum Gasteiger partial charge on any atom is -0.481 e. The normalized spacial score (nSPS) is 10.7. The lowest BCUT2D eigenvalue weighted by Gasteiger charge is -2.08. The second kappa shape index (κ2) is 9.68. The number of halogens is 2. The number of esters is 1. The molecular weight excluding hydrogens is 466 g/mol. The minimum atomic E-state index is -0.719. The summed E-state index contributed by atoms with van der Waals surface area (Å²) in [5.41, 5.74) is 0.382. The lowest BCUT2D eigenvalue weighted by molar-refractivity contribution is -0.142. The lowest BCUT2D eigenvalue weighted by atomic mass is 10.1. The van der Waals surface area contributed by atoms with Crippen LogP contribution in [0.1, 0.15) is 5.56 Å². The SMILES string of the molecule is COC(=O)COc1ccc(/C=C(/C#N)C(=O)Nc2ccccc2F)cc1I. The van der Waals surface area contributed by atoms with Gasteiger partial charge in [0.2, 0.25) is 0 Å². The molecule has 0 spiro atoms. The van der Waals surface area contributed by atoms with Crippen LogP contribution in [0.4, 0.5) is 10.1 Å². The average molecular weight is 480 g/mol. The molecule has 0 aliphatic rings. The summed E-state index contributed by atoms with van der Waals surface area (Å²) >= 11 is 2.00. The molecule has 8 heteroatoms. The molecule has 0 saturated carbocycles. The molecule has 0 fully saturated rings. The van der Waals surface area contributed by atoms with Crippen molar-refractivity contribution in [3.8, 4) is 11.8 Å². The van der Waals surface area contributed by atoms with Gasteiger partial charge in [-0.05, 0) is 58.5 Å². The summed E-state index contributed by atoms with van der Waals surface area (Å²) in [6.45, 7) is -0.226. The van der Waals surface area contributed by atoms with Crippen LogP contribution in [-0.4, -0.2) is 25.6 Å². The zero-order valence-electron chi connectivity index (χ0n) is 14.2. The number of carbonyl (C=O) groups excluding carboxylic acids is 2. The molecular formula is C19H14FIN2O4. The Balaban J connectivity index is 2.16. The van der Waals surface area contributed by atoms with Gasteiger partial charge < -0.3 is 14.8 Å². The fraction of sp³-hybridized carbons (Fsp3) is 0.105. The third kappa shape index (κ3) is 5.79. The Morgan fingerprint density at radius 1 is 1.30 bits per heavy atom. The molecule has 0 aliphatic heterocycles. The van der Waals surface area contributed by atoms with Crippen molar-refractivity contribution in [2.75, 3.05) is 19.0 Å². The summed E-state index contributed by atoms with van der Waals surface area (Å²) in [6.07, 6.45) is 1.38. The Bertz CT molecular complexity index is 938. The van der Waals surface area contributed by atoms with Crippen LogP contribution in [0.5, 0.6) is 5.75 Å². The second-order valence-corrected chi connectivity index (χ2v) is 6.32. The number of hydrogen-bond donors (Lipinski definition) is 1. The molecule has 6 nitrogen and oxygen atoms in total. The van der Waals surface area contributed by atoms with Crippen molar-refractivity contribution in [1.82, 2.24) is 0 Å². The van der Waals surface area contributed by atoms with Crippen LogP contribution < -0.4 is 10.1 Å². The highest BCUT2D eigenvalue weighted by atomic mass is 127. The predicted octanol–water partition coefficient (Wildman–Crippen LogP) is 3.53. The maximum Gasteiger partial charge on any atom is 0.343 e. The van der Waals surface area contributed by atoms with E-state index >= 15 is 0 Å². The standard InChI is InChI=1S/C19H14FIN2O4/c1-26-18(24)11-27-17-7-6-12(9-15(17)21)8-13(10-22)19(25)23-16-5-3-2-4-14(16)20/h2-9H,11H2,1H3,(H,23,25)/b13-8-. The van der Waals surface area contributed by atoms with E-state index in [0.29, 0.717) is 14.9 Å². The molecule has 27 heavy (non-hydrogen) atoms. The number of rotatable bonds is 6. The number of para-hydroxylation sites is 1. The van der Waals surface area contributed by atoms with E-state index in [1.807, 2.05) is 22.6 Å². The van der Waals surface area contributed by atoms with Crippen LogP contribution in [0.15, 0.2) is 48.0 Å². The zero-order chi connectivity index (χ0) is 19.8. The Labute approximate surface area is 168 Å². The molecule has 2 aromatic carbocycles. The maximum absolute atomic E-state index is 13.6. The van der Waals surface area contributed by atoms with Gasteiger partial charge in [0.15, 0.2) is 6.61 Å². The van der Waals surface area contributed by atoms with Crippen molar-refractivity contribution >= 4 is 46.2 Å². The van der Waals surface area contributed by atoms with Crippen molar-refractivity contribution in [2.45, 2.75) is 0 Å². The number of benzene rings is 2. The van der Waals surface area contributed by atoms with Crippen molar-refractivity contribution in [3.05, 3.63) is 63.0 Å². The molecule has 1 N–H and O–H groups in total. The fourth-order valence-electron chi connectivity index (χ4n) is 1.99. The summed E-state index contributed by atoms with van der Waals surface area (Å²) < 4.78 is 24.1. The summed E-state index contributed by atoms with van der Waals surface area (Å²) in [4.78, 5) is 23.3. The number of hydrogen-bond acceptors (Lipinski definition) is 5. The molecule has 0 aliphatic carbocycles. The monoisotopic (exact) mass is 480 g/mol. The highest BCUT2D eigenvalue weighted by molar-refractivity contribution is 14.1. The average Bonchev–Trinajstić information content (AvgIpc) is 2.66. The first-order chi connectivity index (χ1) is 12.9. The number of nitriles is 1. The third-order valence-corrected chi connectivity index (χ3v) is 4.17. The molecule has 0 unspecified atom stereocenters. The fourth-order valence-corrected chi connectivity index (χ4v) is 2.68. The van der Waals surface area contributed by atoms with Crippen molar-refractivity contribution < 1.29 is 23.5 Å². The van der Waals surface area contributed by atoms with Crippen LogP contribution in [0, 0.1) is 20.7 Å². The van der Waals surface area contributed by atoms with E-state index in [2.05, 4.69) is 10.1 Å². The Hall–Kier alpha value is -2.93. The van der Waals surface area contributed by atoms with Gasteiger partial charge in [0.1, 0.15) is 23.2 Å². The number of anilines is 1. The first-order valence-electron chi connectivity index (χ1n) is 7.61. The van der Waals surface area contributed by atoms with E-state index in [0.717, 1.165) is 0 Å². The van der Waals surface area contributed by atoms with E-state index in [1.165, 1.54) is 31.4 Å². The summed E-state index contributed by atoms with van der Waals surface area (Å²) in [6, 6.07) is 12.4. The summed E-state index contributed by atoms with van der Waals surface area (Å²) in [5, 5.41) is 11.6. The van der Waals surface area contributed by atoms with Crippen molar-refractivity contribution in [1.29, 1.82) is 5.26 Å². The van der Waals surface area contributed by atoms with Crippen LogP contribution >= 0.6 is 22.6 Å². The van der Waals surface area contributed by atoms with Crippen molar-refractivity contribution in [3.63, 3.8) is 0 Å². The van der Waals surface area contributed by atoms with Crippen LogP contribution in [-0.2, 0) is 14.3 Å². The Morgan fingerprint density at radius 3 is 2.67 bits per heavy atom. The number of carbonyl (C=O) groups is 2. The number of amides is 1. The van der Waals surface area contributed by atoms with Crippen molar-refractivity contribution in [2.24, 2.45) is 0 Å². The number of nitrogens with one attached hydrogen (secondary N) is 1. The van der Waals surface area contributed by atoms with E-state index in [1.54, 1.807) is 30.3 Å². The molecule has 0 bridgehead atoms. The number of nitrogens with zero attached hydrogens (tertiary/aromatic N) is 1. The van der Waals surface area contributed by atoms with Crippen LogP contribution in [0.2, 0.25) is 0 Å². The first kappa shape index (κ1) is 20.4. The quantitative estimate of drug-likeness (QED) is 0.296. The molecule has 2 rings (SSSR count). The maximum atomic E-state index is 13.6. The van der Waals surface area contributed by atoms with E-state index in [4.69, 9.17) is 4.74 Å². The number of ether oxygens (including phenoxy) is 2. The molecule has 0 saturated heterocycles. The Kier molecular flexibility index (Phi) is 7.31. The largest absolute Gasteiger partial charge is 0.481 e. The molecule has 0 heterocycles. The van der Waals surface area contributed by atoms with Gasteiger partial charge in [-0.25, -0.2) is 9.18 Å². The van der Waals surface area contributed by atoms with Gasteiger partial charge >= 0.3 is 5.97 Å². The lowest BCUT2D eigenvalue weighted by Crippen LogP contribution is -2.14. The molecule has 0 atom stereocenters. The smallest absolute Gasteiger partial charge is 0.343 e. The van der Waals surface area contributed by atoms with E-state index < -0.39 is 17.7 Å². The minimum absolute atomic E-state index is 0.00945. The van der Waals surface area contributed by atoms with Gasteiger partial charge in [-0.15, -0.1) is 0 Å². The molecule has 1 amide bonds. The van der Waals surface area contributed by atoms with Crippen LogP contribution in [0.25, 0.3) is 6.08 Å². The van der Waals surface area contributed by atoms with Crippen LogP contribution in [0.3, 0.4) is 0 Å². The molecule has 2 aromatic rings. The molecule has 0 aromatic heterocycles. The summed E-state index contributed by atoms with van der Waals surface area (Å²) in [7, 11) is 1.26. The van der Waals surface area contributed by atoms with Gasteiger partial charge in [-0.3, -0.25) is 4.79 Å². The van der Waals surface area contributed by atoms with E-state index in [-0.39, 0.29) is 17.9 Å². The van der Waals surface area contributed by atoms with Gasteiger partial charge in [0, 0.05) is 0 Å². The van der Waals surface area contributed by atoms with Gasteiger partial charge in [0.05, 0.1) is 16.4 Å². The van der Waals surface area contributed by atoms with Gasteiger partial charge in [-0.1, -0.05) is 18.2 Å². The predicted molar refractivity (Wildman–Crippen MR) is 105 cm³/mol. The zero-order valence-corrected chi connectivity index (χ0v) is 16.3.